The number of carbonyl (C=O) groups is 2. The molecule has 0 spiro atoms. The Morgan fingerprint density at radius 3 is 0.906 bits per heavy atom. The van der Waals surface area contributed by atoms with Crippen LogP contribution >= 0.6 is 0 Å². The minimum absolute atomic E-state index is 0.0119. The number of esters is 1. The van der Waals surface area contributed by atoms with E-state index in [9.17, 15) is 19.8 Å². The molecule has 0 saturated heterocycles. The van der Waals surface area contributed by atoms with Crippen molar-refractivity contribution < 1.29 is 24.5 Å². The van der Waals surface area contributed by atoms with Crippen LogP contribution in [0.5, 0.6) is 0 Å². The molecule has 504 valence electrons. The van der Waals surface area contributed by atoms with Crippen LogP contribution in [0.2, 0.25) is 0 Å². The highest BCUT2D eigenvalue weighted by Gasteiger charge is 2.20. The Balaban J connectivity index is 3.35. The molecule has 2 unspecified atom stereocenters. The van der Waals surface area contributed by atoms with Gasteiger partial charge in [-0.25, -0.2) is 0 Å². The van der Waals surface area contributed by atoms with Crippen LogP contribution in [-0.4, -0.2) is 47.4 Å². The van der Waals surface area contributed by atoms with Gasteiger partial charge in [-0.15, -0.1) is 0 Å². The van der Waals surface area contributed by atoms with Gasteiger partial charge in [0.1, 0.15) is 0 Å². The third-order valence-corrected chi connectivity index (χ3v) is 18.5. The second-order valence-corrected chi connectivity index (χ2v) is 27.0. The summed E-state index contributed by atoms with van der Waals surface area (Å²) in [4.78, 5) is 24.7. The number of nitrogens with one attached hydrogen (secondary N) is 1. The van der Waals surface area contributed by atoms with Gasteiger partial charge in [0.25, 0.3) is 0 Å². The summed E-state index contributed by atoms with van der Waals surface area (Å²) in [6.45, 7) is 4.98. The van der Waals surface area contributed by atoms with Crippen molar-refractivity contribution in [1.29, 1.82) is 0 Å². The lowest BCUT2D eigenvalue weighted by Gasteiger charge is -2.22. The zero-order valence-electron chi connectivity index (χ0n) is 57.9. The fraction of sp³-hybridized carbons (Fsp3) is 0.924. The number of carbonyl (C=O) groups excluding carboxylic acids is 2. The van der Waals surface area contributed by atoms with Crippen molar-refractivity contribution in [2.45, 2.75) is 456 Å². The topological polar surface area (TPSA) is 95.9 Å². The van der Waals surface area contributed by atoms with Gasteiger partial charge in [0.05, 0.1) is 25.4 Å². The molecule has 0 fully saturated rings. The minimum Gasteiger partial charge on any atom is -0.466 e. The molecule has 0 aromatic carbocycles. The quantitative estimate of drug-likeness (QED) is 0.0320. The number of hydrogen-bond donors (Lipinski definition) is 3. The Hall–Kier alpha value is -1.66. The van der Waals surface area contributed by atoms with Gasteiger partial charge >= 0.3 is 5.97 Å². The van der Waals surface area contributed by atoms with Crippen molar-refractivity contribution in [3.8, 4) is 0 Å². The second kappa shape index (κ2) is 74.8. The van der Waals surface area contributed by atoms with Crippen LogP contribution in [0.3, 0.4) is 0 Å². The molecule has 0 aromatic rings. The normalized spacial score (nSPS) is 12.6. The summed E-state index contributed by atoms with van der Waals surface area (Å²) in [5.74, 6) is -0.0149. The Labute approximate surface area is 532 Å². The van der Waals surface area contributed by atoms with Gasteiger partial charge in [0, 0.05) is 12.8 Å². The molecule has 0 aliphatic carbocycles. The third-order valence-electron chi connectivity index (χ3n) is 18.5. The smallest absolute Gasteiger partial charge is 0.305 e. The number of aliphatic hydroxyl groups is 2. The van der Waals surface area contributed by atoms with E-state index in [1.807, 2.05) is 0 Å². The van der Waals surface area contributed by atoms with Crippen molar-refractivity contribution in [3.63, 3.8) is 0 Å². The van der Waals surface area contributed by atoms with E-state index < -0.39 is 12.1 Å². The molecule has 3 N–H and O–H groups in total. The average molecular weight is 1200 g/mol. The molecule has 0 aromatic heterocycles. The molecule has 0 rings (SSSR count). The second-order valence-electron chi connectivity index (χ2n) is 27.0. The number of aliphatic hydroxyl groups excluding tert-OH is 2. The van der Waals surface area contributed by atoms with Gasteiger partial charge in [0.2, 0.25) is 5.91 Å². The van der Waals surface area contributed by atoms with E-state index in [0.29, 0.717) is 25.9 Å². The van der Waals surface area contributed by atoms with Gasteiger partial charge in [-0.2, -0.15) is 0 Å². The van der Waals surface area contributed by atoms with Crippen LogP contribution in [0, 0.1) is 0 Å². The highest BCUT2D eigenvalue weighted by Crippen LogP contribution is 2.20. The predicted octanol–water partition coefficient (Wildman–Crippen LogP) is 25.7. The zero-order chi connectivity index (χ0) is 61.3. The molecule has 0 bridgehead atoms. The molecule has 85 heavy (non-hydrogen) atoms. The maximum atomic E-state index is 12.6. The predicted molar refractivity (Wildman–Crippen MR) is 375 cm³/mol. The van der Waals surface area contributed by atoms with Crippen molar-refractivity contribution in [1.82, 2.24) is 5.32 Å². The lowest BCUT2D eigenvalue weighted by molar-refractivity contribution is -0.143. The van der Waals surface area contributed by atoms with Gasteiger partial charge < -0.3 is 20.3 Å². The number of rotatable bonds is 74. The van der Waals surface area contributed by atoms with Gasteiger partial charge in [-0.1, -0.05) is 398 Å². The monoisotopic (exact) mass is 1200 g/mol. The van der Waals surface area contributed by atoms with Crippen molar-refractivity contribution in [2.75, 3.05) is 13.2 Å². The van der Waals surface area contributed by atoms with Crippen LogP contribution < -0.4 is 5.32 Å². The fourth-order valence-corrected chi connectivity index (χ4v) is 12.6. The lowest BCUT2D eigenvalue weighted by Crippen LogP contribution is -2.45. The first-order valence-electron chi connectivity index (χ1n) is 39.1. The Bertz CT molecular complexity index is 1330. The van der Waals surface area contributed by atoms with E-state index in [4.69, 9.17) is 4.74 Å². The van der Waals surface area contributed by atoms with Crippen molar-refractivity contribution in [2.24, 2.45) is 0 Å². The molecule has 0 aliphatic rings. The SMILES string of the molecule is CCCCCC/C=C\C/C=C\CCCCCCCCCC(=O)OCCCCCCCCCCCCCCCCCCCCCCCCCCCCCC(=O)NC(CO)C(O)CCCCCCCCCCCCCCCCCCCCCCCCC. The van der Waals surface area contributed by atoms with Crippen LogP contribution in [0.25, 0.3) is 0 Å². The van der Waals surface area contributed by atoms with Gasteiger partial charge in [-0.05, 0) is 57.8 Å². The first-order valence-corrected chi connectivity index (χ1v) is 39.1. The van der Waals surface area contributed by atoms with Crippen LogP contribution in [-0.2, 0) is 14.3 Å². The number of allylic oxidation sites excluding steroid dienone is 4. The van der Waals surface area contributed by atoms with E-state index in [-0.39, 0.29) is 18.5 Å². The summed E-state index contributed by atoms with van der Waals surface area (Å²) >= 11 is 0. The van der Waals surface area contributed by atoms with Gasteiger partial charge in [0.15, 0.2) is 0 Å². The molecule has 6 heteroatoms. The Morgan fingerprint density at radius 1 is 0.329 bits per heavy atom. The highest BCUT2D eigenvalue weighted by molar-refractivity contribution is 5.76. The summed E-state index contributed by atoms with van der Waals surface area (Å²) < 4.78 is 5.51. The van der Waals surface area contributed by atoms with E-state index in [1.54, 1.807) is 0 Å². The average Bonchev–Trinajstić information content (AvgIpc) is 3.51. The molecule has 0 radical (unpaired) electrons. The van der Waals surface area contributed by atoms with Crippen molar-refractivity contribution >= 4 is 11.9 Å². The number of unbranched alkanes of at least 4 members (excludes halogenated alkanes) is 59. The van der Waals surface area contributed by atoms with E-state index >= 15 is 0 Å². The summed E-state index contributed by atoms with van der Waals surface area (Å²) in [7, 11) is 0. The summed E-state index contributed by atoms with van der Waals surface area (Å²) in [5.41, 5.74) is 0. The summed E-state index contributed by atoms with van der Waals surface area (Å²) in [5, 5.41) is 23.5. The first-order chi connectivity index (χ1) is 42.0. The molecular formula is C79H153NO5. The molecular weight excluding hydrogens is 1040 g/mol. The number of hydrogen-bond acceptors (Lipinski definition) is 5. The molecule has 6 nitrogen and oxygen atoms in total. The molecule has 0 saturated carbocycles. The molecule has 1 amide bonds. The molecule has 0 aliphatic heterocycles. The lowest BCUT2D eigenvalue weighted by atomic mass is 10.0. The highest BCUT2D eigenvalue weighted by atomic mass is 16.5. The first kappa shape index (κ1) is 83.3. The van der Waals surface area contributed by atoms with Crippen LogP contribution in [0.4, 0.5) is 0 Å². The van der Waals surface area contributed by atoms with E-state index in [2.05, 4.69) is 43.5 Å². The Kier molecular flexibility index (Phi) is 73.3. The number of amides is 1. The summed E-state index contributed by atoms with van der Waals surface area (Å²) in [6, 6.07) is -0.541. The standard InChI is InChI=1S/C79H153NO5/c1-3-5-7-9-11-13-15-17-19-21-23-24-30-33-36-39-43-47-51-55-59-63-67-71-77(82)76(75-81)80-78(83)72-68-64-60-56-52-48-44-40-37-34-31-28-26-25-27-29-32-35-38-42-46-50-54-58-62-66-70-74-85-79(84)73-69-65-61-57-53-49-45-41-22-20-18-16-14-12-10-8-6-4-2/h14,16,20,22,76-77,81-82H,3-13,15,17-19,21,23-75H2,1-2H3,(H,80,83)/b16-14-,22-20-. The van der Waals surface area contributed by atoms with Crippen LogP contribution in [0.15, 0.2) is 24.3 Å². The molecule has 0 heterocycles. The zero-order valence-corrected chi connectivity index (χ0v) is 57.9. The van der Waals surface area contributed by atoms with Crippen molar-refractivity contribution in [3.05, 3.63) is 24.3 Å². The third kappa shape index (κ3) is 71.3. The molecule has 2 atom stereocenters. The maximum absolute atomic E-state index is 12.6. The number of ether oxygens (including phenoxy) is 1. The van der Waals surface area contributed by atoms with Crippen LogP contribution in [0.1, 0.15) is 444 Å². The Morgan fingerprint density at radius 2 is 0.588 bits per heavy atom. The maximum Gasteiger partial charge on any atom is 0.305 e. The fourth-order valence-electron chi connectivity index (χ4n) is 12.6. The van der Waals surface area contributed by atoms with Gasteiger partial charge in [-0.3, -0.25) is 9.59 Å². The largest absolute Gasteiger partial charge is 0.466 e. The minimum atomic E-state index is -0.664. The van der Waals surface area contributed by atoms with E-state index in [0.717, 1.165) is 51.4 Å². The van der Waals surface area contributed by atoms with E-state index in [1.165, 1.54) is 360 Å². The summed E-state index contributed by atoms with van der Waals surface area (Å²) in [6.07, 6.45) is 95.4.